The lowest BCUT2D eigenvalue weighted by Gasteiger charge is -2.31. The van der Waals surface area contributed by atoms with Crippen molar-refractivity contribution in [1.29, 1.82) is 0 Å². The van der Waals surface area contributed by atoms with Gasteiger partial charge in [-0.05, 0) is 19.8 Å². The average Bonchev–Trinajstić information content (AvgIpc) is 2.31. The van der Waals surface area contributed by atoms with Crippen LogP contribution in [0.25, 0.3) is 0 Å². The minimum atomic E-state index is -0.131. The largest absolute Gasteiger partial charge is 0.350 e. The average molecular weight is 242 g/mol. The molecule has 0 fully saturated rings. The maximum Gasteiger partial charge on any atom is 0.239 e. The number of unbranched alkanes of at least 4 members (excludes halogenated alkanes) is 2. The lowest BCUT2D eigenvalue weighted by atomic mass is 9.89. The Balaban J connectivity index is 4.24. The zero-order chi connectivity index (χ0) is 13.1. The van der Waals surface area contributed by atoms with E-state index in [0.717, 1.165) is 38.5 Å². The first-order valence-corrected chi connectivity index (χ1v) is 6.56. The molecule has 17 heavy (non-hydrogen) atoms. The van der Waals surface area contributed by atoms with Gasteiger partial charge in [0.05, 0.1) is 6.54 Å². The summed E-state index contributed by atoms with van der Waals surface area (Å²) < 4.78 is 0. The molecule has 4 nitrogen and oxygen atoms in total. The lowest BCUT2D eigenvalue weighted by Crippen LogP contribution is -2.48. The molecule has 0 aliphatic rings. The maximum absolute atomic E-state index is 11.6. The molecule has 0 aromatic rings. The number of nitrogens with one attached hydrogen (secondary N) is 2. The van der Waals surface area contributed by atoms with Gasteiger partial charge in [0, 0.05) is 5.54 Å². The van der Waals surface area contributed by atoms with Gasteiger partial charge in [0.15, 0.2) is 0 Å². The Morgan fingerprint density at radius 1 is 1.18 bits per heavy atom. The normalized spacial score (nSPS) is 11.0. The van der Waals surface area contributed by atoms with Crippen LogP contribution in [0, 0.1) is 0 Å². The number of hydrogen-bond donors (Lipinski definition) is 2. The first-order chi connectivity index (χ1) is 8.08. The Hall–Kier alpha value is -1.06. The van der Waals surface area contributed by atoms with Crippen LogP contribution >= 0.6 is 0 Å². The second-order valence-corrected chi connectivity index (χ2v) is 4.81. The van der Waals surface area contributed by atoms with E-state index >= 15 is 0 Å². The standard InChI is InChI=1S/C13H26N2O2/c1-4-6-8-13(3,9-7-5-2)15-12(17)10-14-11-16/h11H,4-10H2,1-3H3,(H,14,16)(H,15,17). The fraction of sp³-hybridized carbons (Fsp3) is 0.846. The number of carbonyl (C=O) groups is 2. The summed E-state index contributed by atoms with van der Waals surface area (Å²) in [5.41, 5.74) is -0.131. The Morgan fingerprint density at radius 2 is 1.71 bits per heavy atom. The van der Waals surface area contributed by atoms with Crippen molar-refractivity contribution in [3.8, 4) is 0 Å². The zero-order valence-electron chi connectivity index (χ0n) is 11.3. The summed E-state index contributed by atoms with van der Waals surface area (Å²) in [7, 11) is 0. The molecule has 0 aromatic heterocycles. The molecule has 0 heterocycles. The van der Waals surface area contributed by atoms with E-state index < -0.39 is 0 Å². The summed E-state index contributed by atoms with van der Waals surface area (Å²) in [5, 5.41) is 5.43. The minimum absolute atomic E-state index is 0.0668. The molecule has 0 radical (unpaired) electrons. The van der Waals surface area contributed by atoms with E-state index in [2.05, 4.69) is 31.4 Å². The van der Waals surface area contributed by atoms with Crippen LogP contribution in [0.5, 0.6) is 0 Å². The molecule has 2 N–H and O–H groups in total. The molecular weight excluding hydrogens is 216 g/mol. The van der Waals surface area contributed by atoms with Crippen molar-refractivity contribution < 1.29 is 9.59 Å². The molecule has 0 unspecified atom stereocenters. The number of carbonyl (C=O) groups excluding carboxylic acids is 2. The van der Waals surface area contributed by atoms with E-state index in [1.807, 2.05) is 0 Å². The molecule has 0 aliphatic heterocycles. The molecule has 4 heteroatoms. The van der Waals surface area contributed by atoms with Gasteiger partial charge < -0.3 is 10.6 Å². The number of hydrogen-bond acceptors (Lipinski definition) is 2. The summed E-state index contributed by atoms with van der Waals surface area (Å²) >= 11 is 0. The van der Waals surface area contributed by atoms with Gasteiger partial charge in [0.1, 0.15) is 0 Å². The van der Waals surface area contributed by atoms with Gasteiger partial charge in [-0.15, -0.1) is 0 Å². The predicted octanol–water partition coefficient (Wildman–Crippen LogP) is 1.99. The van der Waals surface area contributed by atoms with Gasteiger partial charge in [-0.25, -0.2) is 0 Å². The van der Waals surface area contributed by atoms with Crippen molar-refractivity contribution in [3.63, 3.8) is 0 Å². The molecule has 0 aliphatic carbocycles. The Bertz CT molecular complexity index is 221. The fourth-order valence-electron chi connectivity index (χ4n) is 1.90. The highest BCUT2D eigenvalue weighted by atomic mass is 16.2. The molecule has 0 rings (SSSR count). The Morgan fingerprint density at radius 3 is 2.12 bits per heavy atom. The van der Waals surface area contributed by atoms with Crippen LogP contribution in [-0.4, -0.2) is 24.4 Å². The third-order valence-electron chi connectivity index (χ3n) is 2.95. The maximum atomic E-state index is 11.6. The van der Waals surface area contributed by atoms with E-state index in [1.165, 1.54) is 0 Å². The lowest BCUT2D eigenvalue weighted by molar-refractivity contribution is -0.123. The van der Waals surface area contributed by atoms with Gasteiger partial charge in [0.25, 0.3) is 0 Å². The molecule has 0 bridgehead atoms. The first-order valence-electron chi connectivity index (χ1n) is 6.56. The second-order valence-electron chi connectivity index (χ2n) is 4.81. The molecule has 0 saturated heterocycles. The third-order valence-corrected chi connectivity index (χ3v) is 2.95. The predicted molar refractivity (Wildman–Crippen MR) is 69.7 cm³/mol. The second kappa shape index (κ2) is 9.02. The van der Waals surface area contributed by atoms with Crippen LogP contribution in [0.4, 0.5) is 0 Å². The van der Waals surface area contributed by atoms with Crippen LogP contribution in [0.3, 0.4) is 0 Å². The van der Waals surface area contributed by atoms with E-state index in [0.29, 0.717) is 6.41 Å². The van der Waals surface area contributed by atoms with Gasteiger partial charge in [-0.2, -0.15) is 0 Å². The van der Waals surface area contributed by atoms with E-state index in [-0.39, 0.29) is 18.0 Å². The van der Waals surface area contributed by atoms with E-state index in [9.17, 15) is 9.59 Å². The minimum Gasteiger partial charge on any atom is -0.350 e. The molecule has 100 valence electrons. The van der Waals surface area contributed by atoms with Crippen molar-refractivity contribution in [1.82, 2.24) is 10.6 Å². The summed E-state index contributed by atoms with van der Waals surface area (Å²) in [6.45, 7) is 6.46. The van der Waals surface area contributed by atoms with Crippen LogP contribution < -0.4 is 10.6 Å². The quantitative estimate of drug-likeness (QED) is 0.576. The Kier molecular flexibility index (Phi) is 8.46. The van der Waals surface area contributed by atoms with Crippen molar-refractivity contribution in [2.75, 3.05) is 6.54 Å². The first kappa shape index (κ1) is 15.9. The van der Waals surface area contributed by atoms with Crippen LogP contribution in [-0.2, 0) is 9.59 Å². The van der Waals surface area contributed by atoms with Gasteiger partial charge in [-0.3, -0.25) is 9.59 Å². The summed E-state index contributed by atoms with van der Waals surface area (Å²) in [5.74, 6) is -0.105. The van der Waals surface area contributed by atoms with Gasteiger partial charge >= 0.3 is 0 Å². The molecule has 0 saturated carbocycles. The highest BCUT2D eigenvalue weighted by Gasteiger charge is 2.24. The zero-order valence-corrected chi connectivity index (χ0v) is 11.3. The molecule has 0 atom stereocenters. The highest BCUT2D eigenvalue weighted by Crippen LogP contribution is 2.20. The monoisotopic (exact) mass is 242 g/mol. The third kappa shape index (κ3) is 7.77. The smallest absolute Gasteiger partial charge is 0.239 e. The van der Waals surface area contributed by atoms with Crippen molar-refractivity contribution in [2.24, 2.45) is 0 Å². The molecule has 0 aromatic carbocycles. The molecule has 0 spiro atoms. The van der Waals surface area contributed by atoms with Gasteiger partial charge in [-0.1, -0.05) is 39.5 Å². The summed E-state index contributed by atoms with van der Waals surface area (Å²) in [6, 6.07) is 0. The fourth-order valence-corrected chi connectivity index (χ4v) is 1.90. The summed E-state index contributed by atoms with van der Waals surface area (Å²) in [4.78, 5) is 21.7. The number of amides is 2. The highest BCUT2D eigenvalue weighted by molar-refractivity contribution is 5.80. The van der Waals surface area contributed by atoms with Crippen LogP contribution in [0.15, 0.2) is 0 Å². The Labute approximate surface area is 105 Å². The summed E-state index contributed by atoms with van der Waals surface area (Å²) in [6.07, 6.45) is 7.03. The SMILES string of the molecule is CCCCC(C)(CCCC)NC(=O)CNC=O. The van der Waals surface area contributed by atoms with E-state index in [4.69, 9.17) is 0 Å². The topological polar surface area (TPSA) is 58.2 Å². The van der Waals surface area contributed by atoms with Crippen LogP contribution in [0.1, 0.15) is 59.3 Å². The van der Waals surface area contributed by atoms with Crippen molar-refractivity contribution in [3.05, 3.63) is 0 Å². The van der Waals surface area contributed by atoms with Crippen molar-refractivity contribution >= 4 is 12.3 Å². The van der Waals surface area contributed by atoms with E-state index in [1.54, 1.807) is 0 Å². The molecular formula is C13H26N2O2. The van der Waals surface area contributed by atoms with Crippen molar-refractivity contribution in [2.45, 2.75) is 64.8 Å². The molecule has 2 amide bonds. The van der Waals surface area contributed by atoms with Gasteiger partial charge in [0.2, 0.25) is 12.3 Å². The van der Waals surface area contributed by atoms with Crippen LogP contribution in [0.2, 0.25) is 0 Å². The number of rotatable bonds is 10.